The molecule has 3 aromatic carbocycles. The molecule has 0 atom stereocenters. The van der Waals surface area contributed by atoms with Crippen molar-refractivity contribution in [3.05, 3.63) is 77.8 Å². The van der Waals surface area contributed by atoms with Crippen LogP contribution < -0.4 is 9.46 Å². The minimum atomic E-state index is -3.75. The molecule has 0 spiro atoms. The van der Waals surface area contributed by atoms with Gasteiger partial charge in [0, 0.05) is 5.02 Å². The maximum absolute atomic E-state index is 12.6. The lowest BCUT2D eigenvalue weighted by atomic mass is 10.1. The summed E-state index contributed by atoms with van der Waals surface area (Å²) < 4.78 is 32.9. The average Bonchev–Trinajstić information content (AvgIpc) is 2.62. The monoisotopic (exact) mass is 373 g/mol. The molecule has 0 heterocycles. The summed E-state index contributed by atoms with van der Waals surface area (Å²) in [6.07, 6.45) is 0. The zero-order valence-corrected chi connectivity index (χ0v) is 15.0. The maximum atomic E-state index is 12.6. The highest BCUT2D eigenvalue weighted by Crippen LogP contribution is 2.30. The molecule has 3 aromatic rings. The third-order valence-corrected chi connectivity index (χ3v) is 5.29. The van der Waals surface area contributed by atoms with E-state index in [9.17, 15) is 8.42 Å². The summed E-state index contributed by atoms with van der Waals surface area (Å²) in [6, 6.07) is 21.2. The fraction of sp³-hybridized carbons (Fsp3) is 0.0526. The first kappa shape index (κ1) is 17.3. The summed E-state index contributed by atoms with van der Waals surface area (Å²) in [7, 11) is -2.28. The highest BCUT2D eigenvalue weighted by molar-refractivity contribution is 7.92. The van der Waals surface area contributed by atoms with Gasteiger partial charge in [-0.15, -0.1) is 0 Å². The predicted octanol–water partition coefficient (Wildman–Crippen LogP) is 4.82. The summed E-state index contributed by atoms with van der Waals surface area (Å²) in [5.41, 5.74) is 2.26. The largest absolute Gasteiger partial charge is 0.495 e. The molecule has 0 bridgehead atoms. The Bertz CT molecular complexity index is 971. The van der Waals surface area contributed by atoms with E-state index in [1.54, 1.807) is 36.4 Å². The van der Waals surface area contributed by atoms with E-state index in [1.165, 1.54) is 13.2 Å². The third kappa shape index (κ3) is 3.95. The molecule has 6 heteroatoms. The Balaban J connectivity index is 1.89. The Morgan fingerprint density at radius 2 is 1.52 bits per heavy atom. The first-order valence-electron chi connectivity index (χ1n) is 7.51. The van der Waals surface area contributed by atoms with Crippen molar-refractivity contribution in [2.45, 2.75) is 4.90 Å². The summed E-state index contributed by atoms with van der Waals surface area (Å²) in [5.74, 6) is 0.397. The number of benzene rings is 3. The molecule has 1 N–H and O–H groups in total. The summed E-state index contributed by atoms with van der Waals surface area (Å²) in [6.45, 7) is 0. The van der Waals surface area contributed by atoms with E-state index in [0.717, 1.165) is 11.1 Å². The molecule has 0 radical (unpaired) electrons. The summed E-state index contributed by atoms with van der Waals surface area (Å²) in [4.78, 5) is 0.161. The van der Waals surface area contributed by atoms with Crippen molar-refractivity contribution in [3.63, 3.8) is 0 Å². The second-order valence-corrected chi connectivity index (χ2v) is 7.46. The molecule has 0 saturated carbocycles. The van der Waals surface area contributed by atoms with Gasteiger partial charge in [0.15, 0.2) is 0 Å². The van der Waals surface area contributed by atoms with Crippen LogP contribution in [0.2, 0.25) is 5.02 Å². The second kappa shape index (κ2) is 7.17. The van der Waals surface area contributed by atoms with E-state index >= 15 is 0 Å². The van der Waals surface area contributed by atoms with Crippen LogP contribution in [-0.2, 0) is 10.0 Å². The number of hydrogen-bond acceptors (Lipinski definition) is 3. The van der Waals surface area contributed by atoms with Crippen molar-refractivity contribution in [3.8, 4) is 16.9 Å². The van der Waals surface area contributed by atoms with Crippen molar-refractivity contribution < 1.29 is 13.2 Å². The van der Waals surface area contributed by atoms with Gasteiger partial charge in [-0.05, 0) is 41.5 Å². The molecule has 0 aliphatic rings. The van der Waals surface area contributed by atoms with Gasteiger partial charge >= 0.3 is 0 Å². The van der Waals surface area contributed by atoms with Gasteiger partial charge in [-0.1, -0.05) is 54.1 Å². The number of methoxy groups -OCH3 is 1. The van der Waals surface area contributed by atoms with Gasteiger partial charge in [0.1, 0.15) is 5.75 Å². The van der Waals surface area contributed by atoms with Crippen LogP contribution in [0, 0.1) is 0 Å². The number of hydrogen-bond donors (Lipinski definition) is 1. The Labute approximate surface area is 152 Å². The molecule has 0 aliphatic heterocycles. The fourth-order valence-corrected chi connectivity index (χ4v) is 3.65. The number of sulfonamides is 1. The van der Waals surface area contributed by atoms with Crippen LogP contribution in [0.4, 0.5) is 5.69 Å². The lowest BCUT2D eigenvalue weighted by molar-refractivity contribution is 0.417. The van der Waals surface area contributed by atoms with Crippen molar-refractivity contribution in [2.24, 2.45) is 0 Å². The molecule has 0 amide bonds. The Kier molecular flexibility index (Phi) is 4.97. The highest BCUT2D eigenvalue weighted by atomic mass is 35.5. The number of anilines is 1. The molecule has 4 nitrogen and oxygen atoms in total. The molecule has 0 aliphatic carbocycles. The van der Waals surface area contributed by atoms with Gasteiger partial charge in [0.05, 0.1) is 17.7 Å². The Morgan fingerprint density at radius 1 is 0.880 bits per heavy atom. The van der Waals surface area contributed by atoms with Crippen LogP contribution in [0.25, 0.3) is 11.1 Å². The topological polar surface area (TPSA) is 55.4 Å². The number of rotatable bonds is 5. The van der Waals surface area contributed by atoms with Gasteiger partial charge in [-0.3, -0.25) is 4.72 Å². The van der Waals surface area contributed by atoms with Gasteiger partial charge in [0.25, 0.3) is 10.0 Å². The van der Waals surface area contributed by atoms with Crippen LogP contribution in [0.5, 0.6) is 5.75 Å². The van der Waals surface area contributed by atoms with Crippen LogP contribution in [0.3, 0.4) is 0 Å². The average molecular weight is 374 g/mol. The number of ether oxygens (including phenoxy) is 1. The van der Waals surface area contributed by atoms with Crippen molar-refractivity contribution in [2.75, 3.05) is 11.8 Å². The number of halogens is 1. The zero-order chi connectivity index (χ0) is 17.9. The van der Waals surface area contributed by atoms with Crippen molar-refractivity contribution >= 4 is 27.3 Å². The fourth-order valence-electron chi connectivity index (χ4n) is 2.42. The molecule has 0 unspecified atom stereocenters. The van der Waals surface area contributed by atoms with E-state index in [0.29, 0.717) is 16.5 Å². The smallest absolute Gasteiger partial charge is 0.262 e. The SMILES string of the molecule is COc1ccc(Cl)cc1NS(=O)(=O)c1ccc(-c2ccccc2)cc1. The Hall–Kier alpha value is -2.50. The van der Waals surface area contributed by atoms with Crippen LogP contribution in [0.1, 0.15) is 0 Å². The molecule has 128 valence electrons. The molecular weight excluding hydrogens is 358 g/mol. The van der Waals surface area contributed by atoms with E-state index in [-0.39, 0.29) is 4.90 Å². The standard InChI is InChI=1S/C19H16ClNO3S/c1-24-19-12-9-16(20)13-18(19)21-25(22,23)17-10-7-15(8-11-17)14-5-3-2-4-6-14/h2-13,21H,1H3. The lowest BCUT2D eigenvalue weighted by Gasteiger charge is -2.12. The van der Waals surface area contributed by atoms with Crippen LogP contribution in [0.15, 0.2) is 77.7 Å². The van der Waals surface area contributed by atoms with Crippen LogP contribution >= 0.6 is 11.6 Å². The quantitative estimate of drug-likeness (QED) is 0.697. The van der Waals surface area contributed by atoms with E-state index < -0.39 is 10.0 Å². The van der Waals surface area contributed by atoms with Gasteiger partial charge in [-0.25, -0.2) is 8.42 Å². The van der Waals surface area contributed by atoms with Crippen LogP contribution in [-0.4, -0.2) is 15.5 Å². The highest BCUT2D eigenvalue weighted by Gasteiger charge is 2.17. The predicted molar refractivity (Wildman–Crippen MR) is 101 cm³/mol. The van der Waals surface area contributed by atoms with Gasteiger partial charge in [-0.2, -0.15) is 0 Å². The van der Waals surface area contributed by atoms with Gasteiger partial charge < -0.3 is 4.74 Å². The van der Waals surface area contributed by atoms with Crippen molar-refractivity contribution in [1.82, 2.24) is 0 Å². The molecule has 25 heavy (non-hydrogen) atoms. The van der Waals surface area contributed by atoms with E-state index in [4.69, 9.17) is 16.3 Å². The number of nitrogens with one attached hydrogen (secondary N) is 1. The third-order valence-electron chi connectivity index (χ3n) is 3.68. The minimum Gasteiger partial charge on any atom is -0.495 e. The zero-order valence-electron chi connectivity index (χ0n) is 13.4. The lowest BCUT2D eigenvalue weighted by Crippen LogP contribution is -2.13. The molecule has 3 rings (SSSR count). The van der Waals surface area contributed by atoms with Gasteiger partial charge in [0.2, 0.25) is 0 Å². The first-order valence-corrected chi connectivity index (χ1v) is 9.37. The molecule has 0 fully saturated rings. The van der Waals surface area contributed by atoms with Crippen molar-refractivity contribution in [1.29, 1.82) is 0 Å². The Morgan fingerprint density at radius 3 is 2.16 bits per heavy atom. The molecule has 0 aromatic heterocycles. The minimum absolute atomic E-state index is 0.161. The van der Waals surface area contributed by atoms with E-state index in [1.807, 2.05) is 30.3 Å². The molecule has 0 saturated heterocycles. The second-order valence-electron chi connectivity index (χ2n) is 5.34. The summed E-state index contributed by atoms with van der Waals surface area (Å²) >= 11 is 5.95. The summed E-state index contributed by atoms with van der Waals surface area (Å²) in [5, 5.41) is 0.415. The molecular formula is C19H16ClNO3S. The normalized spacial score (nSPS) is 11.1. The first-order chi connectivity index (χ1) is 12.0. The van der Waals surface area contributed by atoms with E-state index in [2.05, 4.69) is 4.72 Å². The maximum Gasteiger partial charge on any atom is 0.262 e.